The summed E-state index contributed by atoms with van der Waals surface area (Å²) in [6, 6.07) is 16.1. The molecule has 15 heterocycles. The first-order valence-corrected chi connectivity index (χ1v) is 48.0. The van der Waals surface area contributed by atoms with E-state index in [1.807, 2.05) is 51.3 Å². The monoisotopic (exact) mass is 1950 g/mol. The number of alkyl halides is 12. The molecule has 0 radical (unpaired) electrons. The number of piperidine rings is 8. The van der Waals surface area contributed by atoms with E-state index in [0.29, 0.717) is 171 Å². The van der Waals surface area contributed by atoms with Crippen LogP contribution in [0.3, 0.4) is 0 Å². The Labute approximate surface area is 800 Å². The highest BCUT2D eigenvalue weighted by Gasteiger charge is 2.43. The number of nitrogens with two attached hydrogens (primary N) is 2. The molecular weight excluding hydrogens is 1810 g/mol. The number of ether oxygens (including phenoxy) is 2. The summed E-state index contributed by atoms with van der Waals surface area (Å²) in [5.74, 6) is 3.62. The van der Waals surface area contributed by atoms with Crippen molar-refractivity contribution in [3.05, 3.63) is 127 Å². The van der Waals surface area contributed by atoms with Gasteiger partial charge < -0.3 is 61.0 Å². The third-order valence-corrected chi connectivity index (χ3v) is 26.2. The van der Waals surface area contributed by atoms with Gasteiger partial charge in [-0.15, -0.1) is 12.4 Å². The number of rotatable bonds is 16. The zero-order valence-corrected chi connectivity index (χ0v) is 80.9. The van der Waals surface area contributed by atoms with Crippen molar-refractivity contribution < 1.29 is 86.1 Å². The molecule has 8 aliphatic rings. The lowest BCUT2D eigenvalue weighted by Gasteiger charge is -2.38. The third-order valence-electron chi connectivity index (χ3n) is 26.2. The largest absolute Gasteiger partial charge is 0.444 e. The molecule has 0 aliphatic carbocycles. The summed E-state index contributed by atoms with van der Waals surface area (Å²) < 4.78 is 171. The Hall–Kier alpha value is -9.65. The second-order valence-electron chi connectivity index (χ2n) is 41.1. The molecule has 37 heteroatoms. The molecule has 6 N–H and O–H groups in total. The van der Waals surface area contributed by atoms with Crippen molar-refractivity contribution in [1.82, 2.24) is 55.3 Å². The van der Waals surface area contributed by atoms with Crippen LogP contribution >= 0.6 is 12.4 Å². The summed E-state index contributed by atoms with van der Waals surface area (Å²) in [6.45, 7) is 31.5. The maximum Gasteiger partial charge on any atom is 0.435 e. The van der Waals surface area contributed by atoms with Crippen LogP contribution in [0.5, 0.6) is 0 Å². The van der Waals surface area contributed by atoms with Crippen LogP contribution in [-0.4, -0.2) is 202 Å². The number of Topliss-reactive ketones (excluding diaryl/α,β-unsaturated/α-hetero) is 3. The number of nitrogens with one attached hydrogen (secondary N) is 2. The third kappa shape index (κ3) is 30.7. The van der Waals surface area contributed by atoms with Gasteiger partial charge in [-0.1, -0.05) is 27.7 Å². The highest BCUT2D eigenvalue weighted by molar-refractivity contribution is 5.97. The van der Waals surface area contributed by atoms with Crippen LogP contribution in [-0.2, 0) is 48.6 Å². The second-order valence-corrected chi connectivity index (χ2v) is 41.1. The van der Waals surface area contributed by atoms with E-state index in [1.165, 1.54) is 43.4 Å². The predicted molar refractivity (Wildman–Crippen MR) is 509 cm³/mol. The fourth-order valence-electron chi connectivity index (χ4n) is 20.9. The van der Waals surface area contributed by atoms with Crippen molar-refractivity contribution in [2.24, 2.45) is 70.6 Å². The molecule has 16 rings (SSSR count). The van der Waals surface area contributed by atoms with Crippen LogP contribution in [0.25, 0.3) is 43.6 Å². The number of fused-ring (bicyclic) bond motifs is 4. The molecule has 8 fully saturated rings. The molecule has 0 bridgehead atoms. The topological polar surface area (TPSA) is 290 Å². The maximum atomic E-state index is 13.5. The molecule has 8 aromatic rings. The number of halogens is 13. The Morgan fingerprint density at radius 2 is 0.693 bits per heavy atom. The predicted octanol–water partition coefficient (Wildman–Crippen LogP) is 20.2. The first kappa shape index (κ1) is 108. The SMILES string of the molecule is CC(C)(C)OC(=O)N1CCC[C@@H](N)C1.C[C@H]1C[C@@H](CC(=O)C[C@@H]2CCCN(C(=O)OC(C)(C)C)C2)CN(c2cnc(C(F)(F)F)c3ncccc23)C1.C[C@H]1C[C@@H](CC(=O)C[C@@H]2CCCNC2)CN(c2ccc(C(F)(F)F)c3ncccc23)C1.C[C@H]1C[C@@H](CC(=O)C[C@@H]2CCCNC2)CN(c2cnc(C(F)(F)F)c3ncccc23)C1.C[C@H]1C[C@@H](N)CN(c2cnc(C(F)(F)F)c3ncccc23)C1.Cl. The minimum atomic E-state index is -4.59. The van der Waals surface area contributed by atoms with Gasteiger partial charge in [0.15, 0.2) is 17.1 Å². The van der Waals surface area contributed by atoms with Gasteiger partial charge in [0, 0.05) is 181 Å². The Balaban J connectivity index is 0.000000169. The number of hydrogen-bond acceptors (Lipinski definition) is 22. The fraction of sp³-hybridized carbons (Fsp3) is 0.620. The molecule has 24 nitrogen and oxygen atoms in total. The number of anilines is 4. The van der Waals surface area contributed by atoms with E-state index in [0.717, 1.165) is 141 Å². The minimum absolute atomic E-state index is 0. The molecule has 8 saturated heterocycles. The van der Waals surface area contributed by atoms with Crippen LogP contribution in [0.2, 0.25) is 0 Å². The number of carbonyl (C=O) groups is 5. The van der Waals surface area contributed by atoms with E-state index in [9.17, 15) is 76.7 Å². The quantitative estimate of drug-likeness (QED) is 0.0654. The van der Waals surface area contributed by atoms with Crippen molar-refractivity contribution in [2.75, 3.05) is 124 Å². The molecule has 7 aromatic heterocycles. The van der Waals surface area contributed by atoms with E-state index < -0.39 is 58.6 Å². The Kier molecular flexibility index (Phi) is 37.0. The van der Waals surface area contributed by atoms with Gasteiger partial charge >= 0.3 is 36.9 Å². The lowest BCUT2D eigenvalue weighted by atomic mass is 9.84. The van der Waals surface area contributed by atoms with Gasteiger partial charge in [-0.05, 0) is 265 Å². The van der Waals surface area contributed by atoms with Gasteiger partial charge in [-0.2, -0.15) is 52.7 Å². The molecule has 8 aliphatic heterocycles. The Bertz CT molecular complexity index is 5200. The average molecular weight is 1950 g/mol. The van der Waals surface area contributed by atoms with Crippen molar-refractivity contribution in [1.29, 1.82) is 0 Å². The summed E-state index contributed by atoms with van der Waals surface area (Å²) in [5, 5.41) is 8.58. The summed E-state index contributed by atoms with van der Waals surface area (Å²) in [7, 11) is 0. The van der Waals surface area contributed by atoms with Gasteiger partial charge in [0.25, 0.3) is 0 Å². The van der Waals surface area contributed by atoms with Gasteiger partial charge in [-0.3, -0.25) is 34.3 Å². The number of hydrogen-bond donors (Lipinski definition) is 4. The summed E-state index contributed by atoms with van der Waals surface area (Å²) >= 11 is 0. The van der Waals surface area contributed by atoms with Crippen molar-refractivity contribution >= 4 is 108 Å². The average Bonchev–Trinajstić information content (AvgIpc) is 0.778. The number of aromatic nitrogens is 7. The van der Waals surface area contributed by atoms with Gasteiger partial charge in [0.2, 0.25) is 0 Å². The van der Waals surface area contributed by atoms with E-state index >= 15 is 0 Å². The Morgan fingerprint density at radius 1 is 0.365 bits per heavy atom. The summed E-state index contributed by atoms with van der Waals surface area (Å²) in [6.07, 6.45) is 5.72. The van der Waals surface area contributed by atoms with Crippen LogP contribution in [0.1, 0.15) is 207 Å². The number of benzene rings is 1. The lowest BCUT2D eigenvalue weighted by molar-refractivity contribution is -0.140. The van der Waals surface area contributed by atoms with Crippen molar-refractivity contribution in [3.8, 4) is 0 Å². The number of ketones is 3. The zero-order valence-electron chi connectivity index (χ0n) is 80.1. The number of carbonyl (C=O) groups excluding carboxylic acids is 5. The van der Waals surface area contributed by atoms with E-state index in [1.54, 1.807) is 64.4 Å². The molecule has 0 saturated carbocycles. The molecule has 752 valence electrons. The Morgan fingerprint density at radius 3 is 1.04 bits per heavy atom. The zero-order chi connectivity index (χ0) is 98.4. The molecule has 2 amide bonds. The molecule has 12 atom stereocenters. The maximum absolute atomic E-state index is 13.5. The molecular formula is C100H134ClF12N17O7. The highest BCUT2D eigenvalue weighted by atomic mass is 35.5. The first-order valence-electron chi connectivity index (χ1n) is 48.0. The van der Waals surface area contributed by atoms with Crippen LogP contribution in [0, 0.1) is 59.2 Å². The number of pyridine rings is 7. The van der Waals surface area contributed by atoms with Gasteiger partial charge in [0.05, 0.1) is 46.7 Å². The minimum Gasteiger partial charge on any atom is -0.444 e. The van der Waals surface area contributed by atoms with Gasteiger partial charge in [-0.25, -0.2) is 24.5 Å². The van der Waals surface area contributed by atoms with Crippen molar-refractivity contribution in [3.63, 3.8) is 0 Å². The summed E-state index contributed by atoms with van der Waals surface area (Å²) in [5.41, 5.74) is 9.57. The summed E-state index contributed by atoms with van der Waals surface area (Å²) in [4.78, 5) is 101. The fourth-order valence-corrected chi connectivity index (χ4v) is 20.9. The van der Waals surface area contributed by atoms with Crippen LogP contribution in [0.15, 0.2) is 104 Å². The van der Waals surface area contributed by atoms with E-state index in [4.69, 9.17) is 20.9 Å². The lowest BCUT2D eigenvalue weighted by Crippen LogP contribution is -2.47. The number of amides is 2. The standard InChI is InChI=1S/C28H37F3N4O3.C24H30F3N3O.C23H29F3N4O.C15H17F3N4.C10H20N2O2.ClH/c1-18-11-20(13-21(36)12-19-7-6-10-34(16-19)26(37)38-27(2,3)4)17-35(15-18)23-14-33-25(28(29,30)31)24-22(23)8-5-9-32-24;1-16-10-18(12-19(31)11-17-4-2-8-28-13-17)15-30(14-16)22-7-6-21(24(25,26)27)23-20(22)5-3-9-29-23;1-15-8-17(10-18(31)9-16-4-2-6-27-11-16)14-30(13-15)20-12-29-22(23(24,25)26)21-19(20)5-3-7-28-21;1-9-5-10(19)8-22(7-9)12-6-21-14(15(16,17)18)13-11(12)3-2-4-20-13;1-10(2,3)14-9(13)12-6-4-5-8(11)7-12;/h5,8-9,14,18-20H,6-7,10-13,15-17H2,1-4H3;3,5-7,9,16-18,28H,2,4,8,10-15H2,1H3;3,5,7,12,15-17,27H,2,4,6,8-11,13-14H2,1H3;2-4,6,9-10H,5,7-8,19H2,1H3;8H,4-7,11H2,1-3H3;1H/t18-,19-,20-;16-,17-,18-;15-,16-,17-;9-,10+;8-;/m00001./s1. The molecule has 137 heavy (non-hydrogen) atoms. The van der Waals surface area contributed by atoms with E-state index in [2.05, 4.69) is 83.0 Å². The van der Waals surface area contributed by atoms with Crippen LogP contribution < -0.4 is 41.7 Å². The number of likely N-dealkylation sites (tertiary alicyclic amines) is 2. The number of nitrogens with zero attached hydrogens (tertiary/aromatic N) is 13. The van der Waals surface area contributed by atoms with E-state index in [-0.39, 0.29) is 94.1 Å². The van der Waals surface area contributed by atoms with Crippen LogP contribution in [0.4, 0.5) is 85.0 Å². The van der Waals surface area contributed by atoms with Crippen molar-refractivity contribution in [2.45, 2.75) is 233 Å². The molecule has 1 aromatic carbocycles. The first-order chi connectivity index (χ1) is 64.2. The molecule has 0 spiro atoms. The van der Waals surface area contributed by atoms with Gasteiger partial charge in [0.1, 0.15) is 45.1 Å². The second kappa shape index (κ2) is 47.1. The molecule has 0 unspecified atom stereocenters. The highest BCUT2D eigenvalue weighted by Crippen LogP contribution is 2.45. The smallest absolute Gasteiger partial charge is 0.435 e. The normalized spacial score (nSPS) is 23.8.